The molecule has 0 bridgehead atoms. The monoisotopic (exact) mass is 397 g/mol. The number of nitrogens with zero attached hydrogens (tertiary/aromatic N) is 4. The summed E-state index contributed by atoms with van der Waals surface area (Å²) in [5, 5.41) is 20.3. The van der Waals surface area contributed by atoms with Crippen LogP contribution in [0.2, 0.25) is 0 Å². The van der Waals surface area contributed by atoms with Crippen molar-refractivity contribution in [3.63, 3.8) is 0 Å². The summed E-state index contributed by atoms with van der Waals surface area (Å²) in [7, 11) is 0. The summed E-state index contributed by atoms with van der Waals surface area (Å²) < 4.78 is 14.8. The third-order valence-corrected chi connectivity index (χ3v) is 5.32. The number of rotatable bonds is 4. The molecule has 2 aromatic heterocycles. The number of carboxylic acid groups (broad SMARTS) is 1. The Morgan fingerprint density at radius 1 is 1.21 bits per heavy atom. The quantitative estimate of drug-likeness (QED) is 0.704. The van der Waals surface area contributed by atoms with Gasteiger partial charge in [0.1, 0.15) is 17.1 Å². The van der Waals surface area contributed by atoms with Gasteiger partial charge in [-0.1, -0.05) is 0 Å². The van der Waals surface area contributed by atoms with Crippen molar-refractivity contribution in [2.24, 2.45) is 0 Å². The van der Waals surface area contributed by atoms with Gasteiger partial charge in [-0.05, 0) is 50.1 Å². The Kier molecular flexibility index (Phi) is 4.87. The van der Waals surface area contributed by atoms with Crippen LogP contribution in [0.1, 0.15) is 45.4 Å². The molecule has 1 fully saturated rings. The highest BCUT2D eigenvalue weighted by Crippen LogP contribution is 2.26. The van der Waals surface area contributed by atoms with Crippen molar-refractivity contribution in [2.45, 2.75) is 25.8 Å². The first kappa shape index (κ1) is 18.9. The molecule has 1 aliphatic rings. The lowest BCUT2D eigenvalue weighted by Gasteiger charge is -2.32. The summed E-state index contributed by atoms with van der Waals surface area (Å²) in [5.41, 5.74) is 2.51. The van der Waals surface area contributed by atoms with E-state index in [-0.39, 0.29) is 23.3 Å². The summed E-state index contributed by atoms with van der Waals surface area (Å²) in [4.78, 5) is 25.7. The van der Waals surface area contributed by atoms with E-state index in [0.717, 1.165) is 5.56 Å². The number of benzene rings is 1. The number of aromatic nitrogens is 4. The molecule has 150 valence electrons. The normalized spacial score (nSPS) is 14.9. The fourth-order valence-corrected chi connectivity index (χ4v) is 3.69. The van der Waals surface area contributed by atoms with Crippen LogP contribution in [0.5, 0.6) is 0 Å². The predicted octanol–water partition coefficient (Wildman–Crippen LogP) is 2.90. The van der Waals surface area contributed by atoms with Gasteiger partial charge in [0.25, 0.3) is 5.91 Å². The van der Waals surface area contributed by atoms with Gasteiger partial charge in [-0.25, -0.2) is 9.18 Å². The molecule has 1 saturated heterocycles. The molecule has 0 radical (unpaired) electrons. The average Bonchev–Trinajstić information content (AvgIpc) is 3.35. The van der Waals surface area contributed by atoms with Crippen LogP contribution in [0.25, 0.3) is 11.3 Å². The SMILES string of the molecule is Cc1c(C(=O)O)cnn1C1CCN(C(=O)c2cc(-c3ccc(F)cc3)n[nH]2)CC1. The molecule has 29 heavy (non-hydrogen) atoms. The van der Waals surface area contributed by atoms with Crippen molar-refractivity contribution in [3.05, 3.63) is 59.3 Å². The van der Waals surface area contributed by atoms with Gasteiger partial charge in [0, 0.05) is 18.7 Å². The number of aromatic carboxylic acids is 1. The minimum Gasteiger partial charge on any atom is -0.478 e. The van der Waals surface area contributed by atoms with Crippen LogP contribution in [-0.2, 0) is 0 Å². The van der Waals surface area contributed by atoms with Gasteiger partial charge in [0.15, 0.2) is 0 Å². The number of carbonyl (C=O) groups excluding carboxylic acids is 1. The molecule has 4 rings (SSSR count). The molecule has 1 amide bonds. The van der Waals surface area contributed by atoms with E-state index in [4.69, 9.17) is 0 Å². The first-order valence-corrected chi connectivity index (χ1v) is 9.32. The first-order chi connectivity index (χ1) is 13.9. The standard InChI is InChI=1S/C20H20FN5O3/c1-12-16(20(28)29)11-22-26(12)15-6-8-25(9-7-15)19(27)18-10-17(23-24-18)13-2-4-14(21)5-3-13/h2-5,10-11,15H,6-9H2,1H3,(H,23,24)(H,28,29). The lowest BCUT2D eigenvalue weighted by Crippen LogP contribution is -2.39. The van der Waals surface area contributed by atoms with Crippen molar-refractivity contribution in [2.75, 3.05) is 13.1 Å². The molecule has 9 heteroatoms. The van der Waals surface area contributed by atoms with Crippen molar-refractivity contribution >= 4 is 11.9 Å². The highest BCUT2D eigenvalue weighted by atomic mass is 19.1. The maximum atomic E-state index is 13.1. The zero-order valence-corrected chi connectivity index (χ0v) is 15.8. The fraction of sp³-hybridized carbons (Fsp3) is 0.300. The Labute approximate surface area is 166 Å². The Bertz CT molecular complexity index is 1050. The fourth-order valence-electron chi connectivity index (χ4n) is 3.69. The van der Waals surface area contributed by atoms with Gasteiger partial charge in [-0.3, -0.25) is 14.6 Å². The van der Waals surface area contributed by atoms with Gasteiger partial charge in [-0.15, -0.1) is 0 Å². The number of halogens is 1. The highest BCUT2D eigenvalue weighted by molar-refractivity contribution is 5.93. The molecule has 1 aromatic carbocycles. The number of amides is 1. The van der Waals surface area contributed by atoms with Crippen LogP contribution >= 0.6 is 0 Å². The number of likely N-dealkylation sites (tertiary alicyclic amines) is 1. The highest BCUT2D eigenvalue weighted by Gasteiger charge is 2.28. The minimum absolute atomic E-state index is 0.0590. The first-order valence-electron chi connectivity index (χ1n) is 9.32. The Morgan fingerprint density at radius 3 is 2.52 bits per heavy atom. The molecule has 3 heterocycles. The zero-order valence-electron chi connectivity index (χ0n) is 15.8. The Balaban J connectivity index is 1.42. The topological polar surface area (TPSA) is 104 Å². The van der Waals surface area contributed by atoms with Crippen LogP contribution in [0.4, 0.5) is 4.39 Å². The summed E-state index contributed by atoms with van der Waals surface area (Å²) in [5.74, 6) is -1.46. The van der Waals surface area contributed by atoms with E-state index in [1.165, 1.54) is 18.3 Å². The average molecular weight is 397 g/mol. The van der Waals surface area contributed by atoms with E-state index >= 15 is 0 Å². The number of aromatic amines is 1. The second kappa shape index (κ2) is 7.50. The van der Waals surface area contributed by atoms with Crippen LogP contribution < -0.4 is 0 Å². The second-order valence-electron chi connectivity index (χ2n) is 7.09. The molecule has 0 saturated carbocycles. The van der Waals surface area contributed by atoms with Crippen LogP contribution in [0.15, 0.2) is 36.5 Å². The molecule has 0 atom stereocenters. The number of hydrogen-bond donors (Lipinski definition) is 2. The molecule has 2 N–H and O–H groups in total. The van der Waals surface area contributed by atoms with E-state index in [9.17, 15) is 19.1 Å². The molecular formula is C20H20FN5O3. The number of carboxylic acids is 1. The summed E-state index contributed by atoms with van der Waals surface area (Å²) in [6.45, 7) is 2.82. The van der Waals surface area contributed by atoms with Crippen molar-refractivity contribution in [1.82, 2.24) is 24.9 Å². The number of hydrogen-bond acceptors (Lipinski definition) is 4. The largest absolute Gasteiger partial charge is 0.478 e. The van der Waals surface area contributed by atoms with Crippen molar-refractivity contribution in [3.8, 4) is 11.3 Å². The van der Waals surface area contributed by atoms with E-state index in [2.05, 4.69) is 15.3 Å². The van der Waals surface area contributed by atoms with Crippen LogP contribution in [-0.4, -0.2) is 55.0 Å². The van der Waals surface area contributed by atoms with E-state index < -0.39 is 5.97 Å². The van der Waals surface area contributed by atoms with Gasteiger partial charge in [0.05, 0.1) is 23.6 Å². The van der Waals surface area contributed by atoms with Gasteiger partial charge in [0.2, 0.25) is 0 Å². The van der Waals surface area contributed by atoms with Crippen molar-refractivity contribution < 1.29 is 19.1 Å². The van der Waals surface area contributed by atoms with Crippen molar-refractivity contribution in [1.29, 1.82) is 0 Å². The lowest BCUT2D eigenvalue weighted by molar-refractivity contribution is 0.0682. The molecule has 0 aliphatic carbocycles. The minimum atomic E-state index is -0.988. The molecular weight excluding hydrogens is 377 g/mol. The second-order valence-corrected chi connectivity index (χ2v) is 7.09. The molecule has 0 unspecified atom stereocenters. The Hall–Kier alpha value is -3.49. The third-order valence-electron chi connectivity index (χ3n) is 5.32. The van der Waals surface area contributed by atoms with E-state index in [1.807, 2.05) is 0 Å². The van der Waals surface area contributed by atoms with Gasteiger partial charge >= 0.3 is 5.97 Å². The number of carbonyl (C=O) groups is 2. The molecule has 3 aromatic rings. The number of H-pyrrole nitrogens is 1. The smallest absolute Gasteiger partial charge is 0.339 e. The number of piperidine rings is 1. The van der Waals surface area contributed by atoms with Crippen LogP contribution in [0, 0.1) is 12.7 Å². The van der Waals surface area contributed by atoms with Gasteiger partial charge in [-0.2, -0.15) is 10.2 Å². The summed E-state index contributed by atoms with van der Waals surface area (Å²) >= 11 is 0. The summed E-state index contributed by atoms with van der Waals surface area (Å²) in [6.07, 6.45) is 2.75. The summed E-state index contributed by atoms with van der Waals surface area (Å²) in [6, 6.07) is 7.65. The Morgan fingerprint density at radius 2 is 1.90 bits per heavy atom. The maximum Gasteiger partial charge on any atom is 0.339 e. The van der Waals surface area contributed by atoms with Crippen LogP contribution in [0.3, 0.4) is 0 Å². The van der Waals surface area contributed by atoms with E-state index in [1.54, 1.807) is 34.7 Å². The molecule has 1 aliphatic heterocycles. The molecule has 0 spiro atoms. The van der Waals surface area contributed by atoms with E-state index in [0.29, 0.717) is 43.0 Å². The lowest BCUT2D eigenvalue weighted by atomic mass is 10.0. The zero-order chi connectivity index (χ0) is 20.5. The predicted molar refractivity (Wildman–Crippen MR) is 102 cm³/mol. The third kappa shape index (κ3) is 3.63. The maximum absolute atomic E-state index is 13.1. The molecule has 8 nitrogen and oxygen atoms in total. The number of nitrogens with one attached hydrogen (secondary N) is 1. The van der Waals surface area contributed by atoms with Gasteiger partial charge < -0.3 is 10.0 Å².